The SMILES string of the molecule is CC1(C)c2ccc(Cl)c(n2)C(C)(C)c2ccc(Cl)c(n2)C(C)(C)c2ccc(Cl)c(n2)C(C)(C)c2ccc(Cl)c1n2. The lowest BCUT2D eigenvalue weighted by Crippen LogP contribution is -2.32. The van der Waals surface area contributed by atoms with E-state index in [9.17, 15) is 0 Å². The number of hydrogen-bond donors (Lipinski definition) is 0. The van der Waals surface area contributed by atoms with E-state index in [1.807, 2.05) is 48.5 Å². The molecule has 8 bridgehead atoms. The minimum atomic E-state index is -0.644. The lowest BCUT2D eigenvalue weighted by Gasteiger charge is -2.33. The molecule has 5 rings (SSSR count). The van der Waals surface area contributed by atoms with E-state index < -0.39 is 21.7 Å². The van der Waals surface area contributed by atoms with Crippen LogP contribution in [0.25, 0.3) is 0 Å². The summed E-state index contributed by atoms with van der Waals surface area (Å²) in [7, 11) is 0. The first kappa shape index (κ1) is 29.3. The molecule has 1 aliphatic heterocycles. The van der Waals surface area contributed by atoms with Gasteiger partial charge in [0.1, 0.15) is 0 Å². The predicted octanol–water partition coefficient (Wildman–Crippen LogP) is 9.50. The van der Waals surface area contributed by atoms with Crippen molar-refractivity contribution in [3.05, 3.63) is 114 Å². The van der Waals surface area contributed by atoms with Crippen LogP contribution in [0.5, 0.6) is 0 Å². The van der Waals surface area contributed by atoms with E-state index >= 15 is 0 Å². The number of rotatable bonds is 0. The van der Waals surface area contributed by atoms with Gasteiger partial charge in [0.2, 0.25) is 0 Å². The van der Waals surface area contributed by atoms with Crippen LogP contribution in [-0.2, 0) is 21.7 Å². The number of hydrogen-bond acceptors (Lipinski definition) is 4. The van der Waals surface area contributed by atoms with Gasteiger partial charge in [-0.15, -0.1) is 0 Å². The van der Waals surface area contributed by atoms with E-state index in [0.29, 0.717) is 42.9 Å². The molecule has 0 unspecified atom stereocenters. The van der Waals surface area contributed by atoms with Crippen molar-refractivity contribution in [3.63, 3.8) is 0 Å². The Hall–Kier alpha value is -2.24. The van der Waals surface area contributed by atoms with E-state index in [0.717, 1.165) is 22.8 Å². The molecule has 8 heteroatoms. The molecule has 0 radical (unpaired) electrons. The van der Waals surface area contributed by atoms with Gasteiger partial charge in [-0.2, -0.15) is 0 Å². The Kier molecular flexibility index (Phi) is 7.07. The monoisotopic (exact) mass is 612 g/mol. The Labute approximate surface area is 256 Å². The summed E-state index contributed by atoms with van der Waals surface area (Å²) in [6.07, 6.45) is 0. The summed E-state index contributed by atoms with van der Waals surface area (Å²) < 4.78 is 0. The second-order valence-electron chi connectivity index (χ2n) is 12.6. The lowest BCUT2D eigenvalue weighted by molar-refractivity contribution is 0.523. The van der Waals surface area contributed by atoms with Gasteiger partial charge in [0.05, 0.1) is 87.3 Å². The molecule has 40 heavy (non-hydrogen) atoms. The minimum Gasteiger partial charge on any atom is -0.254 e. The van der Waals surface area contributed by atoms with Crippen molar-refractivity contribution >= 4 is 46.4 Å². The lowest BCUT2D eigenvalue weighted by atomic mass is 9.78. The van der Waals surface area contributed by atoms with Crippen molar-refractivity contribution in [1.82, 2.24) is 19.9 Å². The average molecular weight is 614 g/mol. The fourth-order valence-electron chi connectivity index (χ4n) is 5.40. The van der Waals surface area contributed by atoms with Gasteiger partial charge in [0.15, 0.2) is 0 Å². The summed E-state index contributed by atoms with van der Waals surface area (Å²) >= 11 is 27.3. The molecule has 0 spiro atoms. The second-order valence-corrected chi connectivity index (χ2v) is 14.2. The molecule has 0 atom stereocenters. The summed E-state index contributed by atoms with van der Waals surface area (Å²) in [6.45, 7) is 16.6. The summed E-state index contributed by atoms with van der Waals surface area (Å²) in [5.74, 6) is 0. The molecule has 0 amide bonds. The summed E-state index contributed by atoms with van der Waals surface area (Å²) in [6, 6.07) is 15.3. The number of halogens is 4. The minimum absolute atomic E-state index is 0.557. The predicted molar refractivity (Wildman–Crippen MR) is 165 cm³/mol. The van der Waals surface area contributed by atoms with Crippen molar-refractivity contribution in [2.75, 3.05) is 0 Å². The highest BCUT2D eigenvalue weighted by Gasteiger charge is 2.39. The molecular formula is C32H32Cl4N4. The molecule has 1 aliphatic rings. The molecule has 4 nitrogen and oxygen atoms in total. The second kappa shape index (κ2) is 9.66. The Morgan fingerprint density at radius 3 is 0.700 bits per heavy atom. The van der Waals surface area contributed by atoms with E-state index in [4.69, 9.17) is 66.3 Å². The van der Waals surface area contributed by atoms with Crippen LogP contribution in [-0.4, -0.2) is 19.9 Å². The van der Waals surface area contributed by atoms with Crippen LogP contribution in [0, 0.1) is 0 Å². The van der Waals surface area contributed by atoms with Crippen molar-refractivity contribution in [1.29, 1.82) is 0 Å². The topological polar surface area (TPSA) is 51.6 Å². The highest BCUT2D eigenvalue weighted by atomic mass is 35.5. The quantitative estimate of drug-likeness (QED) is 0.198. The first-order valence-electron chi connectivity index (χ1n) is 13.2. The molecule has 208 valence electrons. The van der Waals surface area contributed by atoms with Gasteiger partial charge in [0, 0.05) is 0 Å². The van der Waals surface area contributed by atoms with Crippen LogP contribution in [0.3, 0.4) is 0 Å². The number of fused-ring (bicyclic) bond motifs is 8. The van der Waals surface area contributed by atoms with Crippen molar-refractivity contribution < 1.29 is 0 Å². The maximum absolute atomic E-state index is 6.82. The van der Waals surface area contributed by atoms with Gasteiger partial charge in [-0.25, -0.2) is 0 Å². The smallest absolute Gasteiger partial charge is 0.0709 e. The Morgan fingerprint density at radius 2 is 0.525 bits per heavy atom. The highest BCUT2D eigenvalue weighted by Crippen LogP contribution is 2.43. The molecule has 0 aliphatic carbocycles. The van der Waals surface area contributed by atoms with E-state index in [2.05, 4.69) is 55.4 Å². The van der Waals surface area contributed by atoms with E-state index in [-0.39, 0.29) is 0 Å². The van der Waals surface area contributed by atoms with Crippen molar-refractivity contribution in [2.45, 2.75) is 77.0 Å². The van der Waals surface area contributed by atoms with Crippen LogP contribution in [0.15, 0.2) is 48.5 Å². The Bertz CT molecular complexity index is 1410. The van der Waals surface area contributed by atoms with E-state index in [1.54, 1.807) is 0 Å². The van der Waals surface area contributed by atoms with Gasteiger partial charge < -0.3 is 0 Å². The fourth-order valence-corrected chi connectivity index (χ4v) is 6.77. The highest BCUT2D eigenvalue weighted by molar-refractivity contribution is 6.32. The zero-order valence-corrected chi connectivity index (χ0v) is 26.9. The van der Waals surface area contributed by atoms with E-state index in [1.165, 1.54) is 0 Å². The fraction of sp³-hybridized carbons (Fsp3) is 0.375. The first-order valence-corrected chi connectivity index (χ1v) is 14.7. The molecule has 0 N–H and O–H groups in total. The third kappa shape index (κ3) is 4.52. The summed E-state index contributed by atoms with van der Waals surface area (Å²) in [5, 5.41) is 2.23. The zero-order valence-electron chi connectivity index (χ0n) is 23.9. The maximum atomic E-state index is 6.82. The van der Waals surface area contributed by atoms with Gasteiger partial charge in [0.25, 0.3) is 0 Å². The van der Waals surface area contributed by atoms with Gasteiger partial charge >= 0.3 is 0 Å². The molecule has 0 aromatic carbocycles. The standard InChI is InChI=1S/C32H32Cl4N4/c1-29(2)21-13-9-18(34)26(37-21)31(5,6)23-15-11-20(36)28(39-23)32(7,8)24-16-12-19(35)27(40-24)30(3,4)22-14-10-17(33)25(29)38-22/h9-16H,1-8H3. The summed E-state index contributed by atoms with van der Waals surface area (Å²) in [4.78, 5) is 20.6. The Balaban J connectivity index is 1.92. The molecule has 4 aromatic rings. The molecule has 4 aromatic heterocycles. The van der Waals surface area contributed by atoms with Crippen LogP contribution in [0.1, 0.15) is 101 Å². The third-order valence-corrected chi connectivity index (χ3v) is 9.53. The number of aromatic nitrogens is 4. The van der Waals surface area contributed by atoms with Gasteiger partial charge in [-0.1, -0.05) is 46.4 Å². The van der Waals surface area contributed by atoms with Crippen LogP contribution < -0.4 is 0 Å². The van der Waals surface area contributed by atoms with Crippen molar-refractivity contribution in [3.8, 4) is 0 Å². The van der Waals surface area contributed by atoms with Crippen LogP contribution >= 0.6 is 46.4 Å². The van der Waals surface area contributed by atoms with Gasteiger partial charge in [-0.3, -0.25) is 19.9 Å². The largest absolute Gasteiger partial charge is 0.254 e. The number of pyridine rings is 4. The van der Waals surface area contributed by atoms with Crippen LogP contribution in [0.4, 0.5) is 0 Å². The molecule has 5 heterocycles. The first-order chi connectivity index (χ1) is 18.5. The third-order valence-electron chi connectivity index (χ3n) is 8.31. The molecular weight excluding hydrogens is 582 g/mol. The zero-order chi connectivity index (χ0) is 29.4. The number of nitrogens with zero attached hydrogens (tertiary/aromatic N) is 4. The average Bonchev–Trinajstić information content (AvgIpc) is 2.88. The maximum Gasteiger partial charge on any atom is 0.0709 e. The normalized spacial score (nSPS) is 18.3. The summed E-state index contributed by atoms with van der Waals surface area (Å²) in [5.41, 5.74) is 3.46. The Morgan fingerprint density at radius 1 is 0.350 bits per heavy atom. The molecule has 0 saturated carbocycles. The molecule has 0 saturated heterocycles. The van der Waals surface area contributed by atoms with Crippen molar-refractivity contribution in [2.24, 2.45) is 0 Å². The van der Waals surface area contributed by atoms with Gasteiger partial charge in [-0.05, 0) is 104 Å². The molecule has 0 fully saturated rings. The van der Waals surface area contributed by atoms with Crippen LogP contribution in [0.2, 0.25) is 20.1 Å².